The zero-order chi connectivity index (χ0) is 22.7. The highest BCUT2D eigenvalue weighted by Gasteiger charge is 2.46. The summed E-state index contributed by atoms with van der Waals surface area (Å²) in [6.45, 7) is 3.32. The van der Waals surface area contributed by atoms with E-state index in [-0.39, 0.29) is 24.0 Å². The number of rotatable bonds is 7. The molecule has 2 aromatic rings. The molecular formula is C24H25Cl2NO4. The molecule has 3 rings (SSSR count). The summed E-state index contributed by atoms with van der Waals surface area (Å²) in [6, 6.07) is 13.5. The fourth-order valence-corrected chi connectivity index (χ4v) is 4.92. The third-order valence-electron chi connectivity index (χ3n) is 5.92. The highest BCUT2D eigenvalue weighted by molar-refractivity contribution is 6.30. The Bertz CT molecular complexity index is 976. The van der Waals surface area contributed by atoms with Gasteiger partial charge in [-0.3, -0.25) is 14.4 Å². The number of carbonyl (C=O) groups is 3. The number of nitrogens with zero attached hydrogens (tertiary/aromatic N) is 1. The Morgan fingerprint density at radius 3 is 2.32 bits per heavy atom. The molecular weight excluding hydrogens is 437 g/mol. The van der Waals surface area contributed by atoms with Gasteiger partial charge in [0.05, 0.1) is 18.5 Å². The second-order valence-electron chi connectivity index (χ2n) is 7.97. The van der Waals surface area contributed by atoms with Gasteiger partial charge in [0.2, 0.25) is 5.91 Å². The summed E-state index contributed by atoms with van der Waals surface area (Å²) in [5.74, 6) is -2.42. The molecule has 31 heavy (non-hydrogen) atoms. The zero-order valence-corrected chi connectivity index (χ0v) is 18.9. The number of hydrogen-bond donors (Lipinski definition) is 1. The molecule has 0 aromatic heterocycles. The van der Waals surface area contributed by atoms with E-state index in [4.69, 9.17) is 23.2 Å². The van der Waals surface area contributed by atoms with Crippen LogP contribution in [0.15, 0.2) is 48.5 Å². The monoisotopic (exact) mass is 461 g/mol. The first-order valence-electron chi connectivity index (χ1n) is 10.3. The number of carbonyl (C=O) groups excluding carboxylic acids is 2. The van der Waals surface area contributed by atoms with Gasteiger partial charge in [0, 0.05) is 21.9 Å². The fraction of sp³-hybridized carbons (Fsp3) is 0.375. The average molecular weight is 462 g/mol. The number of piperidine rings is 1. The Balaban J connectivity index is 2.20. The first-order chi connectivity index (χ1) is 14.7. The van der Waals surface area contributed by atoms with Gasteiger partial charge in [0.15, 0.2) is 5.78 Å². The van der Waals surface area contributed by atoms with Crippen molar-refractivity contribution in [3.05, 3.63) is 69.7 Å². The Morgan fingerprint density at radius 1 is 1.10 bits per heavy atom. The van der Waals surface area contributed by atoms with Gasteiger partial charge in [0.25, 0.3) is 0 Å². The van der Waals surface area contributed by atoms with Gasteiger partial charge in [-0.15, -0.1) is 0 Å². The second-order valence-corrected chi connectivity index (χ2v) is 8.84. The van der Waals surface area contributed by atoms with Gasteiger partial charge in [-0.1, -0.05) is 54.4 Å². The van der Waals surface area contributed by atoms with Crippen LogP contribution >= 0.6 is 23.2 Å². The van der Waals surface area contributed by atoms with E-state index in [1.807, 2.05) is 37.3 Å². The molecule has 1 aliphatic heterocycles. The van der Waals surface area contributed by atoms with E-state index >= 15 is 0 Å². The van der Waals surface area contributed by atoms with Crippen LogP contribution in [0.4, 0.5) is 0 Å². The molecule has 0 saturated carbocycles. The minimum absolute atomic E-state index is 0.129. The Morgan fingerprint density at radius 2 is 1.77 bits per heavy atom. The molecule has 1 saturated heterocycles. The number of aliphatic carboxylic acids is 1. The lowest BCUT2D eigenvalue weighted by Crippen LogP contribution is -2.54. The number of amides is 1. The summed E-state index contributed by atoms with van der Waals surface area (Å²) in [5, 5.41) is 10.5. The summed E-state index contributed by atoms with van der Waals surface area (Å²) < 4.78 is 0. The van der Waals surface area contributed by atoms with Crippen molar-refractivity contribution >= 4 is 40.9 Å². The minimum Gasteiger partial charge on any atom is -0.481 e. The van der Waals surface area contributed by atoms with Crippen LogP contribution in [0.2, 0.25) is 10.0 Å². The lowest BCUT2D eigenvalue weighted by Gasteiger charge is -2.47. The molecule has 2 aromatic carbocycles. The van der Waals surface area contributed by atoms with Gasteiger partial charge < -0.3 is 10.0 Å². The lowest BCUT2D eigenvalue weighted by molar-refractivity contribution is -0.154. The second kappa shape index (κ2) is 9.84. The van der Waals surface area contributed by atoms with Crippen LogP contribution in [-0.2, 0) is 14.4 Å². The molecule has 5 nitrogen and oxygen atoms in total. The number of Topliss-reactive ketones (excluding diaryl/α,β-unsaturated/α-hetero) is 1. The predicted octanol–water partition coefficient (Wildman–Crippen LogP) is 5.51. The Kier molecular flexibility index (Phi) is 7.39. The molecule has 1 aliphatic rings. The van der Waals surface area contributed by atoms with E-state index in [2.05, 4.69) is 0 Å². The number of benzene rings is 2. The first-order valence-corrected chi connectivity index (χ1v) is 11.0. The van der Waals surface area contributed by atoms with Gasteiger partial charge >= 0.3 is 5.97 Å². The smallest absolute Gasteiger partial charge is 0.304 e. The summed E-state index contributed by atoms with van der Waals surface area (Å²) in [5.41, 5.74) is 1.75. The highest BCUT2D eigenvalue weighted by atomic mass is 35.5. The third kappa shape index (κ3) is 5.10. The number of hydrogen-bond acceptors (Lipinski definition) is 3. The molecule has 0 bridgehead atoms. The Hall–Kier alpha value is -2.37. The molecule has 0 unspecified atom stereocenters. The van der Waals surface area contributed by atoms with Crippen LogP contribution in [0.25, 0.3) is 0 Å². The number of carboxylic acids is 1. The molecule has 1 N–H and O–H groups in total. The highest BCUT2D eigenvalue weighted by Crippen LogP contribution is 2.47. The normalized spacial score (nSPS) is 22.3. The molecule has 0 aliphatic carbocycles. The maximum atomic E-state index is 13.5. The van der Waals surface area contributed by atoms with Crippen LogP contribution in [0.3, 0.4) is 0 Å². The molecule has 1 fully saturated rings. The lowest BCUT2D eigenvalue weighted by atomic mass is 9.74. The fourth-order valence-electron chi connectivity index (χ4n) is 4.60. The van der Waals surface area contributed by atoms with E-state index in [9.17, 15) is 19.5 Å². The summed E-state index contributed by atoms with van der Waals surface area (Å²) >= 11 is 12.4. The van der Waals surface area contributed by atoms with E-state index < -0.39 is 24.0 Å². The summed E-state index contributed by atoms with van der Waals surface area (Å²) in [4.78, 5) is 39.2. The molecule has 0 spiro atoms. The van der Waals surface area contributed by atoms with Gasteiger partial charge in [-0.05, 0) is 55.2 Å². The van der Waals surface area contributed by atoms with Crippen molar-refractivity contribution in [2.75, 3.05) is 0 Å². The maximum absolute atomic E-state index is 13.5. The van der Waals surface area contributed by atoms with Crippen molar-refractivity contribution in [3.8, 4) is 0 Å². The molecule has 164 valence electrons. The number of likely N-dealkylation sites (tertiary alicyclic amines) is 1. The van der Waals surface area contributed by atoms with Crippen LogP contribution in [-0.4, -0.2) is 33.7 Å². The zero-order valence-electron chi connectivity index (χ0n) is 17.4. The van der Waals surface area contributed by atoms with E-state index in [0.29, 0.717) is 22.9 Å². The van der Waals surface area contributed by atoms with Gasteiger partial charge in [0.1, 0.15) is 0 Å². The van der Waals surface area contributed by atoms with Crippen molar-refractivity contribution in [1.29, 1.82) is 0 Å². The molecule has 0 radical (unpaired) electrons. The van der Waals surface area contributed by atoms with Crippen molar-refractivity contribution in [3.63, 3.8) is 0 Å². The van der Waals surface area contributed by atoms with Crippen molar-refractivity contribution in [2.24, 2.45) is 5.92 Å². The Labute approximate surface area is 192 Å². The quantitative estimate of drug-likeness (QED) is 0.589. The number of carboxylic acid groups (broad SMARTS) is 1. The molecule has 7 heteroatoms. The maximum Gasteiger partial charge on any atom is 0.304 e. The van der Waals surface area contributed by atoms with Gasteiger partial charge in [-0.2, -0.15) is 0 Å². The van der Waals surface area contributed by atoms with Crippen LogP contribution in [0, 0.1) is 5.92 Å². The third-order valence-corrected chi connectivity index (χ3v) is 6.41. The van der Waals surface area contributed by atoms with Crippen LogP contribution in [0.5, 0.6) is 0 Å². The number of ketones is 1. The van der Waals surface area contributed by atoms with Crippen molar-refractivity contribution in [1.82, 2.24) is 4.90 Å². The van der Waals surface area contributed by atoms with Gasteiger partial charge in [-0.25, -0.2) is 0 Å². The standard InChI is InChI=1S/C24H25Cl2NO4/c1-3-21(14(2)28)27-23(15-7-9-18(25)10-8-15)20(16-5-4-6-19(26)11-16)12-17(24(27)31)13-22(29)30/h4-11,17,20-21,23H,3,12-13H2,1-2H3,(H,29,30)/t17-,20-,21+,23-/m1/s1. The summed E-state index contributed by atoms with van der Waals surface area (Å²) in [7, 11) is 0. The summed E-state index contributed by atoms with van der Waals surface area (Å²) in [6.07, 6.45) is 0.505. The SMILES string of the molecule is CC[C@@H](C(C)=O)N1C(=O)[C@@H](CC(=O)O)C[C@H](c2cccc(Cl)c2)[C@H]1c1ccc(Cl)cc1. The number of halogens is 2. The van der Waals surface area contributed by atoms with Crippen molar-refractivity contribution < 1.29 is 19.5 Å². The van der Waals surface area contributed by atoms with Crippen LogP contribution < -0.4 is 0 Å². The van der Waals surface area contributed by atoms with E-state index in [0.717, 1.165) is 11.1 Å². The molecule has 1 heterocycles. The van der Waals surface area contributed by atoms with E-state index in [1.54, 1.807) is 23.1 Å². The molecule has 4 atom stereocenters. The topological polar surface area (TPSA) is 74.7 Å². The van der Waals surface area contributed by atoms with E-state index in [1.165, 1.54) is 6.92 Å². The molecule has 1 amide bonds. The first kappa shape index (κ1) is 23.3. The van der Waals surface area contributed by atoms with Crippen LogP contribution in [0.1, 0.15) is 56.2 Å². The predicted molar refractivity (Wildman–Crippen MR) is 120 cm³/mol. The van der Waals surface area contributed by atoms with Crippen molar-refractivity contribution in [2.45, 2.75) is 51.1 Å². The largest absolute Gasteiger partial charge is 0.481 e. The average Bonchev–Trinajstić information content (AvgIpc) is 2.71. The minimum atomic E-state index is -1.04.